The van der Waals surface area contributed by atoms with Gasteiger partial charge >= 0.3 is 0 Å². The van der Waals surface area contributed by atoms with Crippen molar-refractivity contribution in [1.82, 2.24) is 14.7 Å². The summed E-state index contributed by atoms with van der Waals surface area (Å²) in [5, 5.41) is 0.370. The Balaban J connectivity index is 1.94. The van der Waals surface area contributed by atoms with Crippen LogP contribution in [0.2, 0.25) is 5.02 Å². The first-order chi connectivity index (χ1) is 13.4. The van der Waals surface area contributed by atoms with Crippen LogP contribution in [-0.4, -0.2) is 31.1 Å². The molecule has 1 heterocycles. The monoisotopic (exact) mass is 424 g/mol. The van der Waals surface area contributed by atoms with Crippen LogP contribution in [-0.2, 0) is 17.7 Å². The lowest BCUT2D eigenvalue weighted by Crippen LogP contribution is -2.18. The highest BCUT2D eigenvalue weighted by molar-refractivity contribution is 7.77. The molecule has 0 aliphatic carbocycles. The molecule has 1 unspecified atom stereocenters. The van der Waals surface area contributed by atoms with Crippen molar-refractivity contribution in [2.45, 2.75) is 12.8 Å². The first kappa shape index (κ1) is 20.4. The van der Waals surface area contributed by atoms with Crippen LogP contribution in [0.25, 0.3) is 10.9 Å². The van der Waals surface area contributed by atoms with Gasteiger partial charge in [-0.1, -0.05) is 11.6 Å². The fraction of sp³-hybridized carbons (Fsp3) is 0.167. The fourth-order valence-corrected chi connectivity index (χ4v) is 3.37. The number of rotatable bonds is 7. The Labute approximate surface area is 166 Å². The van der Waals surface area contributed by atoms with E-state index in [1.54, 1.807) is 6.07 Å². The summed E-state index contributed by atoms with van der Waals surface area (Å²) in [5.41, 5.74) is 0.365. The van der Waals surface area contributed by atoms with Crippen LogP contribution in [0.15, 0.2) is 36.8 Å². The Kier molecular flexibility index (Phi) is 6.40. The minimum absolute atomic E-state index is 0.0966. The molecule has 1 atom stereocenters. The number of benzene rings is 2. The largest absolute Gasteiger partial charge is 0.760 e. The number of nitrogens with zero attached hydrogens (tertiary/aromatic N) is 2. The molecule has 146 valence electrons. The average Bonchev–Trinajstić information content (AvgIpc) is 2.68. The quantitative estimate of drug-likeness (QED) is 0.272. The molecule has 0 amide bonds. The molecular formula is C18H13ClF2N3O3S-. The number of carbonyl (C=O) groups excluding carboxylic acids is 1. The van der Waals surface area contributed by atoms with Crippen LogP contribution in [0.4, 0.5) is 8.78 Å². The Morgan fingerprint density at radius 2 is 2.07 bits per heavy atom. The van der Waals surface area contributed by atoms with E-state index in [9.17, 15) is 22.3 Å². The molecule has 6 nitrogen and oxygen atoms in total. The fourth-order valence-electron chi connectivity index (χ4n) is 2.74. The minimum Gasteiger partial charge on any atom is -0.760 e. The number of hydrogen-bond donors (Lipinski definition) is 1. The molecule has 28 heavy (non-hydrogen) atoms. The highest BCUT2D eigenvalue weighted by atomic mass is 35.5. The number of hydrogen-bond acceptors (Lipinski definition) is 5. The lowest BCUT2D eigenvalue weighted by Gasteiger charge is -2.12. The predicted molar refractivity (Wildman–Crippen MR) is 99.6 cm³/mol. The van der Waals surface area contributed by atoms with Crippen molar-refractivity contribution < 1.29 is 22.3 Å². The van der Waals surface area contributed by atoms with Crippen LogP contribution in [0.5, 0.6) is 0 Å². The SMILES string of the molecule is O=C(c1ccc2ncncc2c1)c1c(F)c(F)cc(CCCNS(=O)[O-])c1Cl. The van der Waals surface area contributed by atoms with Crippen molar-refractivity contribution >= 4 is 39.6 Å². The maximum absolute atomic E-state index is 14.4. The molecule has 0 bridgehead atoms. The first-order valence-corrected chi connectivity index (χ1v) is 9.57. The van der Waals surface area contributed by atoms with Crippen LogP contribution < -0.4 is 4.72 Å². The number of nitrogens with one attached hydrogen (secondary N) is 1. The maximum Gasteiger partial charge on any atom is 0.197 e. The van der Waals surface area contributed by atoms with Crippen molar-refractivity contribution in [3.63, 3.8) is 0 Å². The van der Waals surface area contributed by atoms with Crippen molar-refractivity contribution in [3.05, 3.63) is 70.1 Å². The van der Waals surface area contributed by atoms with Gasteiger partial charge in [0.15, 0.2) is 17.4 Å². The van der Waals surface area contributed by atoms with Crippen molar-refractivity contribution in [2.75, 3.05) is 6.54 Å². The molecule has 1 aromatic heterocycles. The molecule has 0 saturated carbocycles. The lowest BCUT2D eigenvalue weighted by atomic mass is 9.97. The zero-order valence-electron chi connectivity index (χ0n) is 14.2. The zero-order chi connectivity index (χ0) is 20.3. The summed E-state index contributed by atoms with van der Waals surface area (Å²) in [7, 11) is 0. The van der Waals surface area contributed by atoms with Gasteiger partial charge in [-0.25, -0.2) is 23.5 Å². The second-order valence-electron chi connectivity index (χ2n) is 5.88. The van der Waals surface area contributed by atoms with E-state index in [0.29, 0.717) is 17.3 Å². The van der Waals surface area contributed by atoms with Gasteiger partial charge in [-0.3, -0.25) is 9.00 Å². The van der Waals surface area contributed by atoms with E-state index in [1.165, 1.54) is 24.7 Å². The van der Waals surface area contributed by atoms with Gasteiger partial charge in [0.1, 0.15) is 6.33 Å². The Morgan fingerprint density at radius 3 is 2.82 bits per heavy atom. The summed E-state index contributed by atoms with van der Waals surface area (Å²) in [4.78, 5) is 20.7. The summed E-state index contributed by atoms with van der Waals surface area (Å²) in [6.07, 6.45) is 3.31. The second-order valence-corrected chi connectivity index (χ2v) is 7.01. The van der Waals surface area contributed by atoms with E-state index in [4.69, 9.17) is 11.6 Å². The normalized spacial score (nSPS) is 12.3. The summed E-state index contributed by atoms with van der Waals surface area (Å²) >= 11 is 3.78. The third-order valence-electron chi connectivity index (χ3n) is 4.07. The number of fused-ring (bicyclic) bond motifs is 1. The van der Waals surface area contributed by atoms with Gasteiger partial charge in [-0.05, 0) is 42.7 Å². The van der Waals surface area contributed by atoms with E-state index in [2.05, 4.69) is 14.7 Å². The minimum atomic E-state index is -2.42. The van der Waals surface area contributed by atoms with Crippen LogP contribution in [0, 0.1) is 11.6 Å². The average molecular weight is 425 g/mol. The molecule has 0 fully saturated rings. The Bertz CT molecular complexity index is 1080. The van der Waals surface area contributed by atoms with Gasteiger partial charge in [0, 0.05) is 35.0 Å². The molecule has 2 aromatic carbocycles. The molecule has 1 N–H and O–H groups in total. The Morgan fingerprint density at radius 1 is 1.29 bits per heavy atom. The number of aromatic nitrogens is 2. The number of ketones is 1. The summed E-state index contributed by atoms with van der Waals surface area (Å²) in [6, 6.07) is 5.42. The standard InChI is InChI=1S/C18H14ClF2N3O3S/c19-16-10(2-1-5-24-28(26)27)7-13(20)17(21)15(16)18(25)11-3-4-14-12(6-11)8-22-9-23-14/h3-4,6-9,24H,1-2,5H2,(H,26,27)/p-1. The molecule has 0 radical (unpaired) electrons. The van der Waals surface area contributed by atoms with E-state index in [0.717, 1.165) is 6.07 Å². The third kappa shape index (κ3) is 4.39. The van der Waals surface area contributed by atoms with Crippen LogP contribution >= 0.6 is 11.6 Å². The number of halogens is 3. The van der Waals surface area contributed by atoms with E-state index in [1.807, 2.05) is 0 Å². The van der Waals surface area contributed by atoms with Crippen LogP contribution in [0.1, 0.15) is 27.9 Å². The van der Waals surface area contributed by atoms with Crippen LogP contribution in [0.3, 0.4) is 0 Å². The van der Waals surface area contributed by atoms with Gasteiger partial charge in [-0.15, -0.1) is 0 Å². The number of carbonyl (C=O) groups is 1. The van der Waals surface area contributed by atoms with Gasteiger partial charge in [-0.2, -0.15) is 0 Å². The van der Waals surface area contributed by atoms with Crippen molar-refractivity contribution in [3.8, 4) is 0 Å². The maximum atomic E-state index is 14.4. The smallest absolute Gasteiger partial charge is 0.197 e. The van der Waals surface area contributed by atoms with Gasteiger partial charge in [0.2, 0.25) is 0 Å². The predicted octanol–water partition coefficient (Wildman–Crippen LogP) is 3.11. The topological polar surface area (TPSA) is 95.0 Å². The molecule has 0 aliphatic rings. The first-order valence-electron chi connectivity index (χ1n) is 8.12. The molecule has 0 saturated heterocycles. The summed E-state index contributed by atoms with van der Waals surface area (Å²) in [5.74, 6) is -3.30. The third-order valence-corrected chi connectivity index (χ3v) is 4.94. The lowest BCUT2D eigenvalue weighted by molar-refractivity contribution is 0.103. The molecule has 3 rings (SSSR count). The van der Waals surface area contributed by atoms with Crippen molar-refractivity contribution in [1.29, 1.82) is 0 Å². The second kappa shape index (κ2) is 8.78. The van der Waals surface area contributed by atoms with Crippen molar-refractivity contribution in [2.24, 2.45) is 0 Å². The summed E-state index contributed by atoms with van der Waals surface area (Å²) in [6.45, 7) is 0.0966. The van der Waals surface area contributed by atoms with Gasteiger partial charge in [0.05, 0.1) is 16.1 Å². The molecule has 0 spiro atoms. The highest BCUT2D eigenvalue weighted by Gasteiger charge is 2.24. The summed E-state index contributed by atoms with van der Waals surface area (Å²) < 4.78 is 51.6. The molecule has 3 aromatic rings. The number of aryl methyl sites for hydroxylation is 1. The Hall–Kier alpha value is -2.33. The van der Waals surface area contributed by atoms with E-state index >= 15 is 0 Å². The highest BCUT2D eigenvalue weighted by Crippen LogP contribution is 2.30. The zero-order valence-corrected chi connectivity index (χ0v) is 15.8. The molecule has 0 aliphatic heterocycles. The van der Waals surface area contributed by atoms with E-state index in [-0.39, 0.29) is 29.1 Å². The molecule has 10 heteroatoms. The van der Waals surface area contributed by atoms with E-state index < -0.39 is 34.2 Å². The molecular weight excluding hydrogens is 412 g/mol. The van der Waals surface area contributed by atoms with Gasteiger partial charge < -0.3 is 4.55 Å². The van der Waals surface area contributed by atoms with Gasteiger partial charge in [0.25, 0.3) is 0 Å².